The molecular weight excluding hydrogens is 238 g/mol. The van der Waals surface area contributed by atoms with E-state index < -0.39 is 5.41 Å². The van der Waals surface area contributed by atoms with Crippen LogP contribution in [0.5, 0.6) is 0 Å². The SMILES string of the molecule is COC(=O)[C@@]1(C)Cc2ccccc2N[C@H]1C(C)(C)C. The van der Waals surface area contributed by atoms with Gasteiger partial charge in [-0.1, -0.05) is 39.0 Å². The fourth-order valence-corrected chi connectivity index (χ4v) is 3.22. The largest absolute Gasteiger partial charge is 0.469 e. The van der Waals surface area contributed by atoms with Crippen molar-refractivity contribution >= 4 is 11.7 Å². The second kappa shape index (κ2) is 4.55. The van der Waals surface area contributed by atoms with Gasteiger partial charge in [0.05, 0.1) is 12.5 Å². The summed E-state index contributed by atoms with van der Waals surface area (Å²) in [6, 6.07) is 8.22. The number of anilines is 1. The molecule has 0 saturated carbocycles. The maximum atomic E-state index is 12.3. The number of carbonyl (C=O) groups is 1. The van der Waals surface area contributed by atoms with E-state index in [2.05, 4.69) is 38.2 Å². The number of hydrogen-bond donors (Lipinski definition) is 1. The predicted molar refractivity (Wildman–Crippen MR) is 77.1 cm³/mol. The van der Waals surface area contributed by atoms with E-state index in [9.17, 15) is 4.79 Å². The Bertz CT molecular complexity index is 490. The van der Waals surface area contributed by atoms with Gasteiger partial charge in [0.2, 0.25) is 0 Å². The van der Waals surface area contributed by atoms with Crippen molar-refractivity contribution in [2.24, 2.45) is 10.8 Å². The molecule has 1 aromatic carbocycles. The number of hydrogen-bond acceptors (Lipinski definition) is 3. The van der Waals surface area contributed by atoms with E-state index in [-0.39, 0.29) is 17.4 Å². The third-order valence-corrected chi connectivity index (χ3v) is 4.03. The topological polar surface area (TPSA) is 38.3 Å². The van der Waals surface area contributed by atoms with Crippen LogP contribution in [0.2, 0.25) is 0 Å². The average Bonchev–Trinajstić information content (AvgIpc) is 2.35. The number of rotatable bonds is 1. The first-order valence-electron chi connectivity index (χ1n) is 6.72. The van der Waals surface area contributed by atoms with Crippen LogP contribution in [0.1, 0.15) is 33.3 Å². The molecule has 1 N–H and O–H groups in total. The summed E-state index contributed by atoms with van der Waals surface area (Å²) in [5.41, 5.74) is 1.73. The lowest BCUT2D eigenvalue weighted by Crippen LogP contribution is -2.55. The molecule has 0 spiro atoms. The van der Waals surface area contributed by atoms with Gasteiger partial charge in [0, 0.05) is 11.7 Å². The Kier molecular flexibility index (Phi) is 3.33. The quantitative estimate of drug-likeness (QED) is 0.789. The van der Waals surface area contributed by atoms with Crippen LogP contribution < -0.4 is 5.32 Å². The van der Waals surface area contributed by atoms with Gasteiger partial charge in [0.15, 0.2) is 0 Å². The number of benzene rings is 1. The molecule has 2 atom stereocenters. The summed E-state index contributed by atoms with van der Waals surface area (Å²) in [5.74, 6) is -0.144. The molecule has 3 heteroatoms. The lowest BCUT2D eigenvalue weighted by atomic mass is 9.65. The zero-order valence-corrected chi connectivity index (χ0v) is 12.4. The molecule has 1 aliphatic rings. The molecule has 0 fully saturated rings. The van der Waals surface area contributed by atoms with Crippen LogP contribution in [0.4, 0.5) is 5.69 Å². The lowest BCUT2D eigenvalue weighted by Gasteiger charge is -2.47. The second-order valence-electron chi connectivity index (χ2n) is 6.69. The zero-order valence-electron chi connectivity index (χ0n) is 12.4. The zero-order chi connectivity index (χ0) is 14.3. The molecule has 0 saturated heterocycles. The van der Waals surface area contributed by atoms with E-state index in [0.29, 0.717) is 6.42 Å². The Morgan fingerprint density at radius 1 is 1.37 bits per heavy atom. The number of para-hydroxylation sites is 1. The Balaban J connectivity index is 2.49. The maximum absolute atomic E-state index is 12.3. The number of fused-ring (bicyclic) bond motifs is 1. The third-order valence-electron chi connectivity index (χ3n) is 4.03. The van der Waals surface area contributed by atoms with Crippen LogP contribution in [0.15, 0.2) is 24.3 Å². The lowest BCUT2D eigenvalue weighted by molar-refractivity contribution is -0.154. The highest BCUT2D eigenvalue weighted by atomic mass is 16.5. The molecule has 0 unspecified atom stereocenters. The highest BCUT2D eigenvalue weighted by Gasteiger charge is 2.50. The molecule has 1 aliphatic heterocycles. The molecular formula is C16H23NO2. The minimum atomic E-state index is -0.540. The van der Waals surface area contributed by atoms with Crippen molar-refractivity contribution in [3.05, 3.63) is 29.8 Å². The van der Waals surface area contributed by atoms with Gasteiger partial charge in [0.25, 0.3) is 0 Å². The number of esters is 1. The van der Waals surface area contributed by atoms with Gasteiger partial charge in [0.1, 0.15) is 0 Å². The molecule has 1 aromatic rings. The highest BCUT2D eigenvalue weighted by Crippen LogP contribution is 2.44. The third kappa shape index (κ3) is 2.34. The van der Waals surface area contributed by atoms with Crippen molar-refractivity contribution < 1.29 is 9.53 Å². The molecule has 0 aliphatic carbocycles. The van der Waals surface area contributed by atoms with Crippen molar-refractivity contribution in [2.75, 3.05) is 12.4 Å². The van der Waals surface area contributed by atoms with Crippen molar-refractivity contribution in [2.45, 2.75) is 40.2 Å². The van der Waals surface area contributed by atoms with Gasteiger partial charge in [-0.05, 0) is 30.4 Å². The van der Waals surface area contributed by atoms with Crippen LogP contribution in [0.25, 0.3) is 0 Å². The smallest absolute Gasteiger partial charge is 0.313 e. The number of ether oxygens (including phenoxy) is 1. The summed E-state index contributed by atoms with van der Waals surface area (Å²) in [5, 5.41) is 3.54. The standard InChI is InChI=1S/C16H23NO2/c1-15(2,3)13-16(4,14(18)19-5)10-11-8-6-7-9-12(11)17-13/h6-9,13,17H,10H2,1-5H3/t13-,16-/m0/s1. The van der Waals surface area contributed by atoms with Crippen LogP contribution in [0.3, 0.4) is 0 Å². The van der Waals surface area contributed by atoms with Crippen LogP contribution in [0, 0.1) is 10.8 Å². The van der Waals surface area contributed by atoms with Crippen LogP contribution >= 0.6 is 0 Å². The fraction of sp³-hybridized carbons (Fsp3) is 0.562. The van der Waals surface area contributed by atoms with E-state index in [4.69, 9.17) is 4.74 Å². The molecule has 0 radical (unpaired) electrons. The van der Waals surface area contributed by atoms with Gasteiger partial charge in [-0.2, -0.15) is 0 Å². The molecule has 1 heterocycles. The molecule has 3 nitrogen and oxygen atoms in total. The first-order chi connectivity index (χ1) is 8.79. The van der Waals surface area contributed by atoms with E-state index in [1.165, 1.54) is 12.7 Å². The van der Waals surface area contributed by atoms with Crippen molar-refractivity contribution in [3.8, 4) is 0 Å². The molecule has 104 valence electrons. The van der Waals surface area contributed by atoms with E-state index in [1.54, 1.807) is 0 Å². The molecule has 0 bridgehead atoms. The first kappa shape index (κ1) is 13.9. The van der Waals surface area contributed by atoms with E-state index in [0.717, 1.165) is 5.69 Å². The minimum absolute atomic E-state index is 0.0313. The molecule has 19 heavy (non-hydrogen) atoms. The fourth-order valence-electron chi connectivity index (χ4n) is 3.22. The van der Waals surface area contributed by atoms with E-state index >= 15 is 0 Å². The van der Waals surface area contributed by atoms with Crippen molar-refractivity contribution in [1.29, 1.82) is 0 Å². The van der Waals surface area contributed by atoms with Crippen LogP contribution in [-0.2, 0) is 16.0 Å². The average molecular weight is 261 g/mol. The highest BCUT2D eigenvalue weighted by molar-refractivity contribution is 5.80. The van der Waals surface area contributed by atoms with Crippen LogP contribution in [-0.4, -0.2) is 19.1 Å². The summed E-state index contributed by atoms with van der Waals surface area (Å²) >= 11 is 0. The summed E-state index contributed by atoms with van der Waals surface area (Å²) in [7, 11) is 1.47. The Hall–Kier alpha value is -1.51. The van der Waals surface area contributed by atoms with Gasteiger partial charge >= 0.3 is 5.97 Å². The Morgan fingerprint density at radius 3 is 2.58 bits per heavy atom. The van der Waals surface area contributed by atoms with Gasteiger partial charge in [-0.3, -0.25) is 4.79 Å². The van der Waals surface area contributed by atoms with Crippen molar-refractivity contribution in [3.63, 3.8) is 0 Å². The number of nitrogens with one attached hydrogen (secondary N) is 1. The molecule has 0 aromatic heterocycles. The van der Waals surface area contributed by atoms with Gasteiger partial charge in [-0.15, -0.1) is 0 Å². The predicted octanol–water partition coefficient (Wildman–Crippen LogP) is 3.25. The first-order valence-corrected chi connectivity index (χ1v) is 6.72. The molecule has 0 amide bonds. The van der Waals surface area contributed by atoms with Gasteiger partial charge in [-0.25, -0.2) is 0 Å². The summed E-state index contributed by atoms with van der Waals surface area (Å²) in [4.78, 5) is 12.3. The van der Waals surface area contributed by atoms with Crippen molar-refractivity contribution in [1.82, 2.24) is 0 Å². The van der Waals surface area contributed by atoms with Gasteiger partial charge < -0.3 is 10.1 Å². The maximum Gasteiger partial charge on any atom is 0.313 e. The molecule has 2 rings (SSSR count). The Labute approximate surface area is 115 Å². The number of carbonyl (C=O) groups excluding carboxylic acids is 1. The summed E-state index contributed by atoms with van der Waals surface area (Å²) < 4.78 is 5.05. The minimum Gasteiger partial charge on any atom is -0.469 e. The van der Waals surface area contributed by atoms with E-state index in [1.807, 2.05) is 19.1 Å². The monoisotopic (exact) mass is 261 g/mol. The number of methoxy groups -OCH3 is 1. The summed E-state index contributed by atoms with van der Waals surface area (Å²) in [6.07, 6.45) is 0.713. The summed E-state index contributed by atoms with van der Waals surface area (Å²) in [6.45, 7) is 8.46. The Morgan fingerprint density at radius 2 is 2.00 bits per heavy atom. The second-order valence-corrected chi connectivity index (χ2v) is 6.69. The normalized spacial score (nSPS) is 26.3.